The van der Waals surface area contributed by atoms with Crippen LogP contribution in [0, 0.1) is 0 Å². The van der Waals surface area contributed by atoms with Gasteiger partial charge in [0.15, 0.2) is 0 Å². The molecule has 0 bridgehead atoms. The summed E-state index contributed by atoms with van der Waals surface area (Å²) in [6.45, 7) is 0.172. The Labute approximate surface area is 157 Å². The van der Waals surface area contributed by atoms with Crippen molar-refractivity contribution in [2.75, 3.05) is 20.8 Å². The van der Waals surface area contributed by atoms with Crippen molar-refractivity contribution in [1.29, 1.82) is 0 Å². The van der Waals surface area contributed by atoms with Gasteiger partial charge in [-0.2, -0.15) is 0 Å². The van der Waals surface area contributed by atoms with Gasteiger partial charge in [-0.3, -0.25) is 4.79 Å². The standard InChI is InChI=1S/C20H23NO6/c1-25-16-7-9-17(10-8-16)27-12-11-19(23)21-18(20(24)26-2)13-14-3-5-15(22)6-4-14/h3-10,18,22H,11-13H2,1-2H3,(H,21,23)/t18-/m0/s1. The summed E-state index contributed by atoms with van der Waals surface area (Å²) in [5, 5.41) is 12.0. The predicted octanol–water partition coefficient (Wildman–Crippen LogP) is 2.07. The van der Waals surface area contributed by atoms with E-state index in [9.17, 15) is 14.7 Å². The number of phenols is 1. The molecule has 0 saturated heterocycles. The van der Waals surface area contributed by atoms with Crippen LogP contribution in [0.4, 0.5) is 0 Å². The van der Waals surface area contributed by atoms with E-state index in [-0.39, 0.29) is 31.1 Å². The number of amides is 1. The highest BCUT2D eigenvalue weighted by Crippen LogP contribution is 2.17. The lowest BCUT2D eigenvalue weighted by Crippen LogP contribution is -2.43. The van der Waals surface area contributed by atoms with Crippen LogP contribution in [0.15, 0.2) is 48.5 Å². The Balaban J connectivity index is 1.85. The number of nitrogens with one attached hydrogen (secondary N) is 1. The van der Waals surface area contributed by atoms with E-state index in [1.165, 1.54) is 19.2 Å². The van der Waals surface area contributed by atoms with Crippen LogP contribution in [0.3, 0.4) is 0 Å². The molecule has 2 rings (SSSR count). The molecule has 0 aliphatic rings. The van der Waals surface area contributed by atoms with E-state index in [1.54, 1.807) is 43.5 Å². The molecule has 7 nitrogen and oxygen atoms in total. The minimum atomic E-state index is -0.812. The van der Waals surface area contributed by atoms with Crippen molar-refractivity contribution in [1.82, 2.24) is 5.32 Å². The van der Waals surface area contributed by atoms with Crippen LogP contribution in [0.25, 0.3) is 0 Å². The Kier molecular flexibility index (Phi) is 7.49. The fraction of sp³-hybridized carbons (Fsp3) is 0.300. The first-order valence-electron chi connectivity index (χ1n) is 8.43. The molecule has 0 radical (unpaired) electrons. The highest BCUT2D eigenvalue weighted by molar-refractivity contribution is 5.84. The van der Waals surface area contributed by atoms with Gasteiger partial charge in [-0.15, -0.1) is 0 Å². The number of hydrogen-bond donors (Lipinski definition) is 2. The van der Waals surface area contributed by atoms with Crippen LogP contribution in [-0.2, 0) is 20.7 Å². The molecule has 0 spiro atoms. The molecule has 144 valence electrons. The van der Waals surface area contributed by atoms with Gasteiger partial charge >= 0.3 is 5.97 Å². The summed E-state index contributed by atoms with van der Waals surface area (Å²) in [6.07, 6.45) is 0.354. The molecule has 0 aliphatic carbocycles. The third kappa shape index (κ3) is 6.54. The fourth-order valence-corrected chi connectivity index (χ4v) is 2.40. The third-order valence-corrected chi connectivity index (χ3v) is 3.85. The van der Waals surface area contributed by atoms with Gasteiger partial charge in [0.1, 0.15) is 23.3 Å². The number of phenolic OH excluding ortho intramolecular Hbond substituents is 1. The van der Waals surface area contributed by atoms with E-state index in [2.05, 4.69) is 5.32 Å². The average molecular weight is 373 g/mol. The van der Waals surface area contributed by atoms with Crippen molar-refractivity contribution in [3.63, 3.8) is 0 Å². The number of esters is 1. The van der Waals surface area contributed by atoms with Gasteiger partial charge in [-0.1, -0.05) is 12.1 Å². The summed E-state index contributed by atoms with van der Waals surface area (Å²) < 4.78 is 15.3. The second kappa shape index (κ2) is 10.1. The van der Waals surface area contributed by atoms with E-state index >= 15 is 0 Å². The van der Waals surface area contributed by atoms with Gasteiger partial charge in [0.25, 0.3) is 0 Å². The molecule has 0 aromatic heterocycles. The number of carbonyl (C=O) groups excluding carboxylic acids is 2. The first kappa shape index (κ1) is 20.1. The topological polar surface area (TPSA) is 94.1 Å². The lowest BCUT2D eigenvalue weighted by Gasteiger charge is -2.17. The zero-order chi connectivity index (χ0) is 19.6. The number of carbonyl (C=O) groups is 2. The lowest BCUT2D eigenvalue weighted by molar-refractivity contribution is -0.145. The van der Waals surface area contributed by atoms with Crippen molar-refractivity contribution in [2.45, 2.75) is 18.9 Å². The highest BCUT2D eigenvalue weighted by atomic mass is 16.5. The Morgan fingerprint density at radius 2 is 1.63 bits per heavy atom. The number of methoxy groups -OCH3 is 2. The molecule has 0 aliphatic heterocycles. The molecule has 2 aromatic carbocycles. The summed E-state index contributed by atoms with van der Waals surface area (Å²) in [5.41, 5.74) is 0.790. The lowest BCUT2D eigenvalue weighted by atomic mass is 10.1. The maximum Gasteiger partial charge on any atom is 0.328 e. The predicted molar refractivity (Wildman–Crippen MR) is 98.9 cm³/mol. The Morgan fingerprint density at radius 1 is 1.00 bits per heavy atom. The largest absolute Gasteiger partial charge is 0.508 e. The van der Waals surface area contributed by atoms with Crippen molar-refractivity contribution in [2.24, 2.45) is 0 Å². The van der Waals surface area contributed by atoms with Crippen molar-refractivity contribution >= 4 is 11.9 Å². The quantitative estimate of drug-likeness (QED) is 0.654. The molecule has 2 N–H and O–H groups in total. The van der Waals surface area contributed by atoms with E-state index < -0.39 is 12.0 Å². The minimum absolute atomic E-state index is 0.0924. The zero-order valence-corrected chi connectivity index (χ0v) is 15.3. The summed E-state index contributed by atoms with van der Waals surface area (Å²) in [4.78, 5) is 24.1. The molecular weight excluding hydrogens is 350 g/mol. The van der Waals surface area contributed by atoms with Crippen LogP contribution in [0.1, 0.15) is 12.0 Å². The molecule has 0 fully saturated rings. The summed E-state index contributed by atoms with van der Waals surface area (Å²) in [5.74, 6) is 0.616. The molecule has 0 saturated carbocycles. The smallest absolute Gasteiger partial charge is 0.328 e. The first-order chi connectivity index (χ1) is 13.0. The van der Waals surface area contributed by atoms with Crippen molar-refractivity contribution in [3.05, 3.63) is 54.1 Å². The molecule has 0 unspecified atom stereocenters. The molecule has 1 atom stereocenters. The number of ether oxygens (including phenoxy) is 3. The van der Waals surface area contributed by atoms with Crippen LogP contribution in [0.5, 0.6) is 17.2 Å². The molecular formula is C20H23NO6. The van der Waals surface area contributed by atoms with Crippen LogP contribution < -0.4 is 14.8 Å². The Morgan fingerprint density at radius 3 is 2.22 bits per heavy atom. The fourth-order valence-electron chi connectivity index (χ4n) is 2.40. The third-order valence-electron chi connectivity index (χ3n) is 3.85. The number of benzene rings is 2. The average Bonchev–Trinajstić information content (AvgIpc) is 2.69. The summed E-state index contributed by atoms with van der Waals surface area (Å²) >= 11 is 0. The normalized spacial score (nSPS) is 11.3. The van der Waals surface area contributed by atoms with Gasteiger partial charge in [0.2, 0.25) is 5.91 Å². The molecule has 1 amide bonds. The number of rotatable bonds is 9. The number of aromatic hydroxyl groups is 1. The van der Waals surface area contributed by atoms with Gasteiger partial charge < -0.3 is 24.6 Å². The van der Waals surface area contributed by atoms with Crippen LogP contribution in [-0.4, -0.2) is 43.9 Å². The molecule has 27 heavy (non-hydrogen) atoms. The zero-order valence-electron chi connectivity index (χ0n) is 15.3. The van der Waals surface area contributed by atoms with E-state index in [1.807, 2.05) is 0 Å². The Hall–Kier alpha value is -3.22. The van der Waals surface area contributed by atoms with E-state index in [4.69, 9.17) is 14.2 Å². The monoisotopic (exact) mass is 373 g/mol. The van der Waals surface area contributed by atoms with Crippen LogP contribution in [0.2, 0.25) is 0 Å². The van der Waals surface area contributed by atoms with E-state index in [0.717, 1.165) is 11.3 Å². The molecule has 7 heteroatoms. The molecule has 2 aromatic rings. The van der Waals surface area contributed by atoms with Crippen LogP contribution >= 0.6 is 0 Å². The second-order valence-electron chi connectivity index (χ2n) is 5.79. The summed E-state index contributed by atoms with van der Waals surface area (Å²) in [7, 11) is 2.85. The second-order valence-corrected chi connectivity index (χ2v) is 5.79. The minimum Gasteiger partial charge on any atom is -0.508 e. The van der Waals surface area contributed by atoms with Gasteiger partial charge in [0, 0.05) is 6.42 Å². The summed E-state index contributed by atoms with van der Waals surface area (Å²) in [6, 6.07) is 12.6. The maximum absolute atomic E-state index is 12.1. The van der Waals surface area contributed by atoms with Gasteiger partial charge in [-0.25, -0.2) is 4.79 Å². The van der Waals surface area contributed by atoms with Gasteiger partial charge in [-0.05, 0) is 42.0 Å². The van der Waals surface area contributed by atoms with Gasteiger partial charge in [0.05, 0.1) is 27.2 Å². The number of hydrogen-bond acceptors (Lipinski definition) is 6. The Bertz CT molecular complexity index is 742. The molecule has 0 heterocycles. The van der Waals surface area contributed by atoms with E-state index in [0.29, 0.717) is 5.75 Å². The van der Waals surface area contributed by atoms with Crippen molar-refractivity contribution in [3.8, 4) is 17.2 Å². The first-order valence-corrected chi connectivity index (χ1v) is 8.43. The SMILES string of the molecule is COC(=O)[C@H](Cc1ccc(O)cc1)NC(=O)CCOc1ccc(OC)cc1. The maximum atomic E-state index is 12.1. The van der Waals surface area contributed by atoms with Crippen molar-refractivity contribution < 1.29 is 28.9 Å². The highest BCUT2D eigenvalue weighted by Gasteiger charge is 2.22.